The van der Waals surface area contributed by atoms with Crippen molar-refractivity contribution in [1.29, 1.82) is 0 Å². The maximum absolute atomic E-state index is 14.4. The second kappa shape index (κ2) is 40.5. The Balaban J connectivity index is 0.711. The highest BCUT2D eigenvalue weighted by atomic mass is 35.5. The molecule has 8 amide bonds. The molecule has 32 heteroatoms. The molecule has 622 valence electrons. The van der Waals surface area contributed by atoms with Gasteiger partial charge in [-0.25, -0.2) is 31.2 Å². The largest absolute Gasteiger partial charge is 0.495 e. The molecule has 4 bridgehead atoms. The number of ether oxygens (including phenoxy) is 6. The van der Waals surface area contributed by atoms with Crippen LogP contribution in [0.15, 0.2) is 143 Å². The van der Waals surface area contributed by atoms with E-state index in [-0.39, 0.29) is 103 Å². The highest BCUT2D eigenvalue weighted by molar-refractivity contribution is 7.92. The van der Waals surface area contributed by atoms with E-state index in [1.807, 2.05) is 13.0 Å². The third-order valence-electron chi connectivity index (χ3n) is 20.5. The molecule has 0 aromatic heterocycles. The van der Waals surface area contributed by atoms with Gasteiger partial charge in [0.2, 0.25) is 29.5 Å². The summed E-state index contributed by atoms with van der Waals surface area (Å²) in [6.07, 6.45) is 2.70. The minimum absolute atomic E-state index is 0.00271. The topological polar surface area (TPSA) is 397 Å². The lowest BCUT2D eigenvalue weighted by atomic mass is 9.84. The van der Waals surface area contributed by atoms with Crippen LogP contribution in [-0.2, 0) is 85.2 Å². The first-order chi connectivity index (χ1) is 54.3. The Morgan fingerprint density at radius 1 is 0.774 bits per heavy atom. The third-order valence-corrected chi connectivity index (χ3v) is 24.5. The zero-order valence-corrected chi connectivity index (χ0v) is 69.2. The summed E-state index contributed by atoms with van der Waals surface area (Å²) in [5, 5.41) is 27.7. The van der Waals surface area contributed by atoms with Crippen LogP contribution < -0.4 is 41.5 Å². The van der Waals surface area contributed by atoms with Crippen molar-refractivity contribution < 1.29 is 98.3 Å². The van der Waals surface area contributed by atoms with Crippen molar-refractivity contribution in [2.24, 2.45) is 17.8 Å². The van der Waals surface area contributed by atoms with Crippen molar-refractivity contribution in [3.05, 3.63) is 171 Å². The van der Waals surface area contributed by atoms with Gasteiger partial charge in [0.1, 0.15) is 59.0 Å². The number of likely N-dealkylation sites (N-methyl/N-ethyl adjacent to an activating group) is 1. The van der Waals surface area contributed by atoms with E-state index in [9.17, 15) is 69.9 Å². The summed E-state index contributed by atoms with van der Waals surface area (Å²) < 4.78 is 89.0. The van der Waals surface area contributed by atoms with Crippen LogP contribution in [0.2, 0.25) is 5.02 Å². The number of hydrogen-bond donors (Lipinski definition) is 7. The van der Waals surface area contributed by atoms with Crippen LogP contribution in [0.5, 0.6) is 5.75 Å². The number of anilines is 2. The number of Topliss-reactive ketones (excluding diaryl/α,β-unsaturated/α-hetero) is 1. The second-order valence-corrected chi connectivity index (χ2v) is 34.5. The van der Waals surface area contributed by atoms with Crippen LogP contribution in [-0.4, -0.2) is 193 Å². The fourth-order valence-electron chi connectivity index (χ4n) is 13.2. The predicted octanol–water partition coefficient (Wildman–Crippen LogP) is 9.16. The Labute approximate surface area is 676 Å². The van der Waals surface area contributed by atoms with E-state index in [1.54, 1.807) is 121 Å². The lowest BCUT2D eigenvalue weighted by Crippen LogP contribution is -2.57. The molecule has 2 fully saturated rings. The molecule has 29 nitrogen and oxygen atoms in total. The number of rotatable bonds is 33. The number of aliphatic hydroxyl groups is 1. The lowest BCUT2D eigenvalue weighted by Gasteiger charge is -2.39. The summed E-state index contributed by atoms with van der Waals surface area (Å²) >= 11 is 6.83. The second-order valence-electron chi connectivity index (χ2n) is 30.1. The number of epoxide rings is 1. The zero-order chi connectivity index (χ0) is 84.3. The quantitative estimate of drug-likeness (QED) is 0.00676. The van der Waals surface area contributed by atoms with Crippen LogP contribution in [0.25, 0.3) is 0 Å². The first kappa shape index (κ1) is 90.5. The number of carbonyl (C=O) groups excluding carboxylic acids is 10. The number of sulfone groups is 2. The smallest absolute Gasteiger partial charge is 0.409 e. The van der Waals surface area contributed by atoms with Crippen LogP contribution in [0.1, 0.15) is 143 Å². The Hall–Kier alpha value is -10.1. The normalized spacial score (nSPS) is 20.6. The molecule has 0 saturated carbocycles. The van der Waals surface area contributed by atoms with Gasteiger partial charge in [0.25, 0.3) is 5.91 Å². The molecule has 3 heterocycles. The average molecular weight is 1650 g/mol. The number of aryl methyl sites for hydroxylation is 2. The molecule has 3 unspecified atom stereocenters. The third kappa shape index (κ3) is 25.5. The monoisotopic (exact) mass is 1650 g/mol. The number of unbranched alkanes of at least 4 members (excludes halogenated alkanes) is 2. The van der Waals surface area contributed by atoms with E-state index in [4.69, 9.17) is 40.0 Å². The van der Waals surface area contributed by atoms with Crippen molar-refractivity contribution in [3.63, 3.8) is 0 Å². The molecular weight excluding hydrogens is 1540 g/mol. The van der Waals surface area contributed by atoms with Gasteiger partial charge in [-0.05, 0) is 139 Å². The van der Waals surface area contributed by atoms with Crippen LogP contribution in [0.4, 0.5) is 21.0 Å². The van der Waals surface area contributed by atoms with E-state index in [0.717, 1.165) is 22.3 Å². The molecule has 5 aromatic carbocycles. The van der Waals surface area contributed by atoms with Gasteiger partial charge in [-0.1, -0.05) is 122 Å². The minimum Gasteiger partial charge on any atom is -0.495 e. The summed E-state index contributed by atoms with van der Waals surface area (Å²) in [5.74, 6) is -8.22. The number of fused-ring (bicyclic) bond motifs is 5. The van der Waals surface area contributed by atoms with Gasteiger partial charge >= 0.3 is 18.2 Å². The first-order valence-corrected chi connectivity index (χ1v) is 41.8. The molecule has 2 saturated heterocycles. The molecule has 0 radical (unpaired) electrons. The number of esters is 1. The van der Waals surface area contributed by atoms with Crippen molar-refractivity contribution in [2.45, 2.75) is 184 Å². The van der Waals surface area contributed by atoms with Crippen molar-refractivity contribution in [1.82, 2.24) is 31.5 Å². The van der Waals surface area contributed by atoms with Crippen molar-refractivity contribution >= 4 is 102 Å². The molecular formula is C83H105ClN8O21S2. The summed E-state index contributed by atoms with van der Waals surface area (Å²) in [7, 11) is -3.76. The fraction of sp³-hybridized carbons (Fsp3) is 0.470. The summed E-state index contributed by atoms with van der Waals surface area (Å²) in [4.78, 5) is 137. The number of hydrogen-bond acceptors (Lipinski definition) is 21. The van der Waals surface area contributed by atoms with Gasteiger partial charge in [-0.3, -0.25) is 38.9 Å². The van der Waals surface area contributed by atoms with E-state index in [2.05, 4.69) is 31.9 Å². The van der Waals surface area contributed by atoms with E-state index < -0.39 is 144 Å². The zero-order valence-electron chi connectivity index (χ0n) is 66.8. The van der Waals surface area contributed by atoms with E-state index in [0.29, 0.717) is 48.4 Å². The number of benzene rings is 5. The van der Waals surface area contributed by atoms with Crippen LogP contribution in [0.3, 0.4) is 0 Å². The van der Waals surface area contributed by atoms with Crippen LogP contribution >= 0.6 is 11.6 Å². The maximum Gasteiger partial charge on any atom is 0.409 e. The molecule has 8 rings (SSSR count). The molecule has 115 heavy (non-hydrogen) atoms. The Bertz CT molecular complexity index is 4560. The van der Waals surface area contributed by atoms with Gasteiger partial charge in [-0.2, -0.15) is 0 Å². The minimum atomic E-state index is -4.12. The summed E-state index contributed by atoms with van der Waals surface area (Å²) in [6, 6.07) is 24.3. The number of halogens is 1. The van der Waals surface area contributed by atoms with Gasteiger partial charge in [0, 0.05) is 75.6 Å². The first-order valence-electron chi connectivity index (χ1n) is 38.1. The molecule has 3 aliphatic heterocycles. The van der Waals surface area contributed by atoms with Gasteiger partial charge < -0.3 is 69.9 Å². The van der Waals surface area contributed by atoms with Gasteiger partial charge in [0.05, 0.1) is 65.8 Å². The van der Waals surface area contributed by atoms with E-state index in [1.165, 1.54) is 86.3 Å². The SMILES string of the molecule is COc1cc2cc(c1Cl)N(C)C(=O)C[C@@H](OC(=O)[C@H](C)N(C)C(=O)CCCCCNC(=O)OCc1ccc(NC(=O)[C@H](C)NC(=O)[C@H](NC(=O)CCOCCNC(=O)c3ccc(C(=O)C(CS(=O)(=O)c4ccc(C)cc4)CS(=O)(=O)c4ccc(C)cc4)cc3)C(C)C)cc1)[C@@]1(C)OC1[C@H](C)C1CC(O)(C/C=C\C=C(\C)C2)NC(=O)O1. The Morgan fingerprint density at radius 3 is 2.02 bits per heavy atom. The number of ketones is 1. The number of alkyl carbamates (subject to hydrolysis) is 2. The molecule has 0 spiro atoms. The Morgan fingerprint density at radius 2 is 1.40 bits per heavy atom. The highest BCUT2D eigenvalue weighted by Gasteiger charge is 2.64. The fourth-order valence-corrected chi connectivity index (χ4v) is 16.8. The number of nitrogens with one attached hydrogen (secondary N) is 6. The number of amides is 8. The molecule has 9 atom stereocenters. The average Bonchev–Trinajstić information content (AvgIpc) is 1.57. The lowest BCUT2D eigenvalue weighted by molar-refractivity contribution is -0.162. The molecule has 5 aromatic rings. The maximum atomic E-state index is 14.4. The summed E-state index contributed by atoms with van der Waals surface area (Å²) in [5.41, 5.74) is 1.91. The molecule has 7 N–H and O–H groups in total. The highest BCUT2D eigenvalue weighted by Crippen LogP contribution is 2.49. The Kier molecular flexibility index (Phi) is 31.9. The standard InChI is InChI=1S/C83H105ClN8O21S2/c1-50(2)73(89-69(93)36-40-109-41-39-85-77(98)60-28-26-59(27-29-60)74(96)61(48-114(104,105)63-32-20-51(3)21-33-63)49-115(106,107)64-34-22-52(4)23-35-64)78(99)87-55(7)76(97)88-62-30-24-57(25-31-62)47-110-80(101)86-38-17-13-14-19-70(94)91(10)56(8)79(100)112-68-45-71(95)92(11)65-43-58(44-66(108-12)72(65)84)42-53(5)18-15-16-37-83(103)46-67(111-81(102)90-83)54(6)75-82(68,9)113-75/h15-16,18,20-35,43-44,50,54-56,61,67-68,73,75,103H,13-14,17,19,36-42,45-49H2,1-12H3,(H,85,98)(H,86,101)(H,87,99)(H,88,97)(H,89,93)(H,90,102)/b16-15-,53-18-/t54-,55+,56+,67?,68-,73-,75?,82-,83?/m1/s1. The van der Waals surface area contributed by atoms with Crippen molar-refractivity contribution in [3.8, 4) is 5.75 Å². The van der Waals surface area contributed by atoms with Crippen molar-refractivity contribution in [2.75, 3.05) is 69.2 Å². The molecule has 0 aliphatic carbocycles. The summed E-state index contributed by atoms with van der Waals surface area (Å²) in [6.45, 7) is 15.5. The number of nitrogens with zero attached hydrogens (tertiary/aromatic N) is 2. The van der Waals surface area contributed by atoms with Gasteiger partial charge in [-0.15, -0.1) is 0 Å². The molecule has 3 aliphatic rings. The van der Waals surface area contributed by atoms with Crippen LogP contribution in [0, 0.1) is 31.6 Å². The number of carbonyl (C=O) groups is 10. The predicted molar refractivity (Wildman–Crippen MR) is 429 cm³/mol. The number of methoxy groups -OCH3 is 1. The number of allylic oxidation sites excluding steroid dienone is 3. The van der Waals surface area contributed by atoms with Gasteiger partial charge in [0.15, 0.2) is 25.5 Å². The van der Waals surface area contributed by atoms with E-state index >= 15 is 0 Å².